The van der Waals surface area contributed by atoms with Crippen LogP contribution in [-0.4, -0.2) is 15.5 Å². The molecule has 0 saturated carbocycles. The summed E-state index contributed by atoms with van der Waals surface area (Å²) in [4.78, 5) is 16.9. The molecule has 0 amide bonds. The summed E-state index contributed by atoms with van der Waals surface area (Å²) >= 11 is 2.96. The number of fused-ring (bicyclic) bond motifs is 1. The number of rotatable bonds is 4. The highest BCUT2D eigenvalue weighted by atomic mass is 32.1. The van der Waals surface area contributed by atoms with Gasteiger partial charge in [0.25, 0.3) is 5.56 Å². The average molecular weight is 305 g/mol. The maximum atomic E-state index is 12.4. The van der Waals surface area contributed by atoms with Crippen molar-refractivity contribution in [3.63, 3.8) is 0 Å². The van der Waals surface area contributed by atoms with E-state index in [2.05, 4.69) is 24.1 Å². The van der Waals surface area contributed by atoms with Gasteiger partial charge in [-0.1, -0.05) is 19.1 Å². The number of nitrogens with one attached hydrogen (secondary N) is 1. The predicted octanol–water partition coefficient (Wildman–Crippen LogP) is 3.18. The first-order valence-electron chi connectivity index (χ1n) is 6.51. The van der Waals surface area contributed by atoms with Gasteiger partial charge >= 0.3 is 0 Å². The Hall–Kier alpha value is -1.50. The second kappa shape index (κ2) is 5.47. The monoisotopic (exact) mass is 305 g/mol. The Morgan fingerprint density at radius 3 is 2.95 bits per heavy atom. The van der Waals surface area contributed by atoms with E-state index in [1.165, 1.54) is 22.9 Å². The molecule has 4 nitrogen and oxygen atoms in total. The summed E-state index contributed by atoms with van der Waals surface area (Å²) < 4.78 is 2.67. The number of thiazole rings is 1. The third-order valence-electron chi connectivity index (χ3n) is 3.13. The quantitative estimate of drug-likeness (QED) is 0.805. The second-order valence-electron chi connectivity index (χ2n) is 4.52. The number of hydrogen-bond donors (Lipinski definition) is 1. The molecule has 0 bridgehead atoms. The average Bonchev–Trinajstić information content (AvgIpc) is 3.05. The molecule has 104 valence electrons. The molecule has 20 heavy (non-hydrogen) atoms. The van der Waals surface area contributed by atoms with Crippen LogP contribution in [0.4, 0.5) is 0 Å². The molecule has 0 spiro atoms. The highest BCUT2D eigenvalue weighted by molar-refractivity contribution is 7.17. The van der Waals surface area contributed by atoms with E-state index >= 15 is 0 Å². The second-order valence-corrected chi connectivity index (χ2v) is 6.35. The van der Waals surface area contributed by atoms with Gasteiger partial charge in [0.05, 0.1) is 15.8 Å². The Bertz CT molecular complexity index is 787. The minimum atomic E-state index is 0.0163. The molecular formula is C14H15N3OS2. The standard InChI is InChI=1S/C14H15N3OS2/c1-3-15-9(2)11-8-19-14(16-11)17-13(18)10-6-4-5-7-12(10)20-17/h4-9,15H,3H2,1-2H3. The van der Waals surface area contributed by atoms with Crippen molar-refractivity contribution in [1.29, 1.82) is 0 Å². The minimum absolute atomic E-state index is 0.0163. The van der Waals surface area contributed by atoms with Gasteiger partial charge < -0.3 is 5.32 Å². The molecule has 0 aliphatic carbocycles. The predicted molar refractivity (Wildman–Crippen MR) is 85.2 cm³/mol. The first kappa shape index (κ1) is 13.5. The number of hydrogen-bond acceptors (Lipinski definition) is 5. The SMILES string of the molecule is CCNC(C)c1csc(-n2sc3ccccc3c2=O)n1. The van der Waals surface area contributed by atoms with Crippen molar-refractivity contribution in [3.05, 3.63) is 45.7 Å². The number of nitrogens with zero attached hydrogens (tertiary/aromatic N) is 2. The highest BCUT2D eigenvalue weighted by Crippen LogP contribution is 2.24. The van der Waals surface area contributed by atoms with Crippen molar-refractivity contribution in [2.24, 2.45) is 0 Å². The molecule has 1 aromatic carbocycles. The number of aromatic nitrogens is 2. The Morgan fingerprint density at radius 2 is 2.20 bits per heavy atom. The molecule has 1 atom stereocenters. The summed E-state index contributed by atoms with van der Waals surface area (Å²) in [5.74, 6) is 0. The Balaban J connectivity index is 2.03. The van der Waals surface area contributed by atoms with Gasteiger partial charge in [0.1, 0.15) is 0 Å². The smallest absolute Gasteiger partial charge is 0.275 e. The van der Waals surface area contributed by atoms with Crippen molar-refractivity contribution >= 4 is 33.0 Å². The van der Waals surface area contributed by atoms with Crippen LogP contribution in [0, 0.1) is 0 Å². The van der Waals surface area contributed by atoms with E-state index in [4.69, 9.17) is 0 Å². The van der Waals surface area contributed by atoms with E-state index in [1.807, 2.05) is 29.6 Å². The molecular weight excluding hydrogens is 290 g/mol. The maximum Gasteiger partial charge on any atom is 0.275 e. The highest BCUT2D eigenvalue weighted by Gasteiger charge is 2.14. The van der Waals surface area contributed by atoms with Crippen molar-refractivity contribution < 1.29 is 0 Å². The van der Waals surface area contributed by atoms with E-state index in [9.17, 15) is 4.79 Å². The van der Waals surface area contributed by atoms with Crippen molar-refractivity contribution in [2.45, 2.75) is 19.9 Å². The zero-order valence-corrected chi connectivity index (χ0v) is 12.9. The molecule has 0 aliphatic rings. The molecule has 2 aromatic heterocycles. The molecule has 2 heterocycles. The van der Waals surface area contributed by atoms with Crippen molar-refractivity contribution in [1.82, 2.24) is 14.3 Å². The fourth-order valence-corrected chi connectivity index (χ4v) is 4.03. The van der Waals surface area contributed by atoms with Crippen LogP contribution in [0.15, 0.2) is 34.4 Å². The van der Waals surface area contributed by atoms with Crippen LogP contribution in [0.1, 0.15) is 25.6 Å². The molecule has 1 N–H and O–H groups in total. The van der Waals surface area contributed by atoms with E-state index < -0.39 is 0 Å². The lowest BCUT2D eigenvalue weighted by Crippen LogP contribution is -2.18. The molecule has 0 fully saturated rings. The lowest BCUT2D eigenvalue weighted by molar-refractivity contribution is 0.586. The van der Waals surface area contributed by atoms with Crippen LogP contribution in [0.3, 0.4) is 0 Å². The first-order chi connectivity index (χ1) is 9.70. The van der Waals surface area contributed by atoms with Gasteiger partial charge in [-0.05, 0) is 37.1 Å². The van der Waals surface area contributed by atoms with Gasteiger partial charge in [0, 0.05) is 11.4 Å². The molecule has 6 heteroatoms. The van der Waals surface area contributed by atoms with Gasteiger partial charge in [0.2, 0.25) is 5.13 Å². The summed E-state index contributed by atoms with van der Waals surface area (Å²) in [6, 6.07) is 7.87. The number of benzene rings is 1. The molecule has 0 aliphatic heterocycles. The Kier molecular flexibility index (Phi) is 3.69. The van der Waals surface area contributed by atoms with Crippen LogP contribution in [-0.2, 0) is 0 Å². The van der Waals surface area contributed by atoms with Crippen molar-refractivity contribution in [2.75, 3.05) is 6.54 Å². The topological polar surface area (TPSA) is 46.9 Å². The summed E-state index contributed by atoms with van der Waals surface area (Å²) in [5.41, 5.74) is 0.999. The summed E-state index contributed by atoms with van der Waals surface area (Å²) in [6.45, 7) is 5.05. The normalized spacial score (nSPS) is 12.9. The molecule has 3 rings (SSSR count). The lowest BCUT2D eigenvalue weighted by atomic mass is 10.3. The van der Waals surface area contributed by atoms with Crippen LogP contribution in [0.2, 0.25) is 0 Å². The zero-order chi connectivity index (χ0) is 14.1. The van der Waals surface area contributed by atoms with E-state index in [0.29, 0.717) is 0 Å². The van der Waals surface area contributed by atoms with Crippen LogP contribution in [0.25, 0.3) is 15.2 Å². The van der Waals surface area contributed by atoms with Gasteiger partial charge in [0.15, 0.2) is 0 Å². The summed E-state index contributed by atoms with van der Waals surface area (Å²) in [7, 11) is 0. The lowest BCUT2D eigenvalue weighted by Gasteiger charge is -2.07. The Morgan fingerprint density at radius 1 is 1.40 bits per heavy atom. The largest absolute Gasteiger partial charge is 0.309 e. The van der Waals surface area contributed by atoms with Gasteiger partial charge in [-0.2, -0.15) is 0 Å². The van der Waals surface area contributed by atoms with Gasteiger partial charge in [-0.3, -0.25) is 4.79 Å². The summed E-state index contributed by atoms with van der Waals surface area (Å²) in [5, 5.41) is 6.85. The third-order valence-corrected chi connectivity index (χ3v) is 5.16. The fourth-order valence-electron chi connectivity index (χ4n) is 2.08. The Labute approximate surface area is 124 Å². The molecule has 0 saturated heterocycles. The van der Waals surface area contributed by atoms with E-state index in [0.717, 1.165) is 27.5 Å². The summed E-state index contributed by atoms with van der Waals surface area (Å²) in [6.07, 6.45) is 0. The van der Waals surface area contributed by atoms with Crippen molar-refractivity contribution in [3.8, 4) is 5.13 Å². The van der Waals surface area contributed by atoms with Gasteiger partial charge in [-0.15, -0.1) is 11.3 Å². The molecule has 0 radical (unpaired) electrons. The van der Waals surface area contributed by atoms with E-state index in [-0.39, 0.29) is 11.6 Å². The maximum absolute atomic E-state index is 12.4. The zero-order valence-electron chi connectivity index (χ0n) is 11.3. The molecule has 3 aromatic rings. The van der Waals surface area contributed by atoms with Crippen LogP contribution in [0.5, 0.6) is 0 Å². The molecule has 1 unspecified atom stereocenters. The first-order valence-corrected chi connectivity index (χ1v) is 8.16. The third kappa shape index (κ3) is 2.30. The van der Waals surface area contributed by atoms with Crippen LogP contribution < -0.4 is 10.9 Å². The fraction of sp³-hybridized carbons (Fsp3) is 0.286. The minimum Gasteiger partial charge on any atom is -0.309 e. The van der Waals surface area contributed by atoms with Crippen LogP contribution >= 0.6 is 22.9 Å². The van der Waals surface area contributed by atoms with Gasteiger partial charge in [-0.25, -0.2) is 8.94 Å². The van der Waals surface area contributed by atoms with E-state index in [1.54, 1.807) is 3.96 Å².